The highest BCUT2D eigenvalue weighted by Crippen LogP contribution is 2.18. The number of aryl methyl sites for hydroxylation is 1. The summed E-state index contributed by atoms with van der Waals surface area (Å²) >= 11 is 1.48. The van der Waals surface area contributed by atoms with Crippen LogP contribution >= 0.6 is 11.3 Å². The van der Waals surface area contributed by atoms with E-state index in [9.17, 15) is 9.59 Å². The second-order valence-corrected chi connectivity index (χ2v) is 7.29. The zero-order valence-electron chi connectivity index (χ0n) is 14.4. The average Bonchev–Trinajstić information content (AvgIpc) is 3.25. The Morgan fingerprint density at radius 3 is 3.00 bits per heavy atom. The van der Waals surface area contributed by atoms with E-state index in [1.54, 1.807) is 11.9 Å². The van der Waals surface area contributed by atoms with E-state index in [1.807, 2.05) is 12.3 Å². The molecule has 1 fully saturated rings. The van der Waals surface area contributed by atoms with Crippen molar-refractivity contribution in [2.45, 2.75) is 38.7 Å². The Morgan fingerprint density at radius 2 is 2.36 bits per heavy atom. The number of carbonyl (C=O) groups is 1. The second kappa shape index (κ2) is 7.88. The van der Waals surface area contributed by atoms with Crippen molar-refractivity contribution in [1.29, 1.82) is 0 Å². The largest absolute Gasteiger partial charge is 0.378 e. The molecule has 7 nitrogen and oxygen atoms in total. The molecule has 1 N–H and O–H groups in total. The monoisotopic (exact) mass is 362 g/mol. The molecule has 2 aromatic heterocycles. The Kier molecular flexibility index (Phi) is 5.60. The summed E-state index contributed by atoms with van der Waals surface area (Å²) in [6, 6.07) is 0. The van der Waals surface area contributed by atoms with Crippen LogP contribution in [0.1, 0.15) is 41.0 Å². The van der Waals surface area contributed by atoms with E-state index in [0.29, 0.717) is 24.2 Å². The van der Waals surface area contributed by atoms with E-state index in [-0.39, 0.29) is 11.5 Å². The lowest BCUT2D eigenvalue weighted by Crippen LogP contribution is -2.33. The van der Waals surface area contributed by atoms with Crippen LogP contribution in [0.4, 0.5) is 0 Å². The quantitative estimate of drug-likeness (QED) is 0.851. The van der Waals surface area contributed by atoms with Gasteiger partial charge in [0.1, 0.15) is 11.3 Å². The molecule has 3 heterocycles. The highest BCUT2D eigenvalue weighted by Gasteiger charge is 2.19. The van der Waals surface area contributed by atoms with Gasteiger partial charge in [0, 0.05) is 31.8 Å². The Hall–Kier alpha value is -2.06. The molecule has 1 atom stereocenters. The Labute approximate surface area is 150 Å². The Balaban J connectivity index is 1.61. The van der Waals surface area contributed by atoms with Gasteiger partial charge in [-0.3, -0.25) is 9.59 Å². The molecule has 0 aromatic carbocycles. The minimum Gasteiger partial charge on any atom is -0.378 e. The van der Waals surface area contributed by atoms with E-state index in [2.05, 4.69) is 15.0 Å². The predicted octanol–water partition coefficient (Wildman–Crippen LogP) is 2.23. The molecule has 25 heavy (non-hydrogen) atoms. The van der Waals surface area contributed by atoms with Crippen molar-refractivity contribution >= 4 is 17.2 Å². The molecule has 8 heteroatoms. The number of aromatic amines is 1. The number of ether oxygens (including phenoxy) is 1. The van der Waals surface area contributed by atoms with E-state index in [1.165, 1.54) is 17.5 Å². The van der Waals surface area contributed by atoms with Gasteiger partial charge in [-0.15, -0.1) is 11.3 Å². The number of hydrogen-bond donors (Lipinski definition) is 1. The summed E-state index contributed by atoms with van der Waals surface area (Å²) in [4.78, 5) is 37.4. The van der Waals surface area contributed by atoms with Crippen molar-refractivity contribution in [2.75, 3.05) is 20.2 Å². The lowest BCUT2D eigenvalue weighted by atomic mass is 10.1. The first-order chi connectivity index (χ1) is 12.0. The van der Waals surface area contributed by atoms with Gasteiger partial charge in [0.2, 0.25) is 0 Å². The molecule has 0 unspecified atom stereocenters. The number of hydrogen-bond acceptors (Lipinski definition) is 6. The van der Waals surface area contributed by atoms with Gasteiger partial charge in [0.05, 0.1) is 11.1 Å². The molecule has 1 aliphatic heterocycles. The number of nitrogens with one attached hydrogen (secondary N) is 1. The zero-order chi connectivity index (χ0) is 17.8. The minimum atomic E-state index is -0.438. The fourth-order valence-corrected chi connectivity index (χ4v) is 3.48. The van der Waals surface area contributed by atoms with Gasteiger partial charge in [-0.05, 0) is 32.6 Å². The minimum absolute atomic E-state index is 0.0512. The van der Waals surface area contributed by atoms with Gasteiger partial charge in [0.25, 0.3) is 11.5 Å². The summed E-state index contributed by atoms with van der Waals surface area (Å²) in [7, 11) is 1.70. The molecule has 0 bridgehead atoms. The lowest BCUT2D eigenvalue weighted by molar-refractivity contribution is 0.0761. The SMILES string of the molecule is Cc1nc(-c2ncc(C(=O)N(C)CCC[C@@H]3CCCO3)c(=O)[nH]2)cs1. The van der Waals surface area contributed by atoms with Gasteiger partial charge >= 0.3 is 0 Å². The highest BCUT2D eigenvalue weighted by molar-refractivity contribution is 7.09. The molecule has 1 amide bonds. The van der Waals surface area contributed by atoms with Gasteiger partial charge in [-0.2, -0.15) is 0 Å². The molecule has 3 rings (SSSR count). The summed E-state index contributed by atoms with van der Waals surface area (Å²) in [6.45, 7) is 3.31. The maximum Gasteiger partial charge on any atom is 0.264 e. The van der Waals surface area contributed by atoms with Crippen LogP contribution in [-0.2, 0) is 4.74 Å². The van der Waals surface area contributed by atoms with E-state index >= 15 is 0 Å². The first-order valence-corrected chi connectivity index (χ1v) is 9.31. The molecule has 2 aromatic rings. The number of nitrogens with zero attached hydrogens (tertiary/aromatic N) is 3. The van der Waals surface area contributed by atoms with Crippen LogP contribution in [0.15, 0.2) is 16.4 Å². The molecule has 0 radical (unpaired) electrons. The van der Waals surface area contributed by atoms with Gasteiger partial charge in [-0.1, -0.05) is 0 Å². The van der Waals surface area contributed by atoms with Gasteiger partial charge in [-0.25, -0.2) is 9.97 Å². The molecule has 0 spiro atoms. The number of aromatic nitrogens is 3. The van der Waals surface area contributed by atoms with Crippen LogP contribution in [0, 0.1) is 6.92 Å². The van der Waals surface area contributed by atoms with Crippen molar-refractivity contribution in [1.82, 2.24) is 19.9 Å². The van der Waals surface area contributed by atoms with Crippen LogP contribution in [0.2, 0.25) is 0 Å². The van der Waals surface area contributed by atoms with E-state index in [4.69, 9.17) is 4.74 Å². The third-order valence-corrected chi connectivity index (χ3v) is 5.06. The molecular formula is C17H22N4O3S. The van der Waals surface area contributed by atoms with Crippen LogP contribution in [0.25, 0.3) is 11.5 Å². The maximum atomic E-state index is 12.5. The topological polar surface area (TPSA) is 88.2 Å². The molecule has 1 saturated heterocycles. The number of rotatable bonds is 6. The van der Waals surface area contributed by atoms with Crippen molar-refractivity contribution in [2.24, 2.45) is 0 Å². The summed E-state index contributed by atoms with van der Waals surface area (Å²) in [6.07, 6.45) is 5.66. The second-order valence-electron chi connectivity index (χ2n) is 6.23. The van der Waals surface area contributed by atoms with Crippen molar-refractivity contribution in [3.63, 3.8) is 0 Å². The van der Waals surface area contributed by atoms with Crippen molar-refractivity contribution < 1.29 is 9.53 Å². The smallest absolute Gasteiger partial charge is 0.264 e. The molecule has 0 saturated carbocycles. The molecule has 134 valence electrons. The highest BCUT2D eigenvalue weighted by atomic mass is 32.1. The fraction of sp³-hybridized carbons (Fsp3) is 0.529. The van der Waals surface area contributed by atoms with E-state index in [0.717, 1.165) is 37.3 Å². The van der Waals surface area contributed by atoms with Crippen LogP contribution in [-0.4, -0.2) is 52.1 Å². The van der Waals surface area contributed by atoms with Crippen molar-refractivity contribution in [3.8, 4) is 11.5 Å². The summed E-state index contributed by atoms with van der Waals surface area (Å²) in [5.41, 5.74) is 0.227. The molecular weight excluding hydrogens is 340 g/mol. The fourth-order valence-electron chi connectivity index (χ4n) is 2.88. The third kappa shape index (κ3) is 4.32. The lowest BCUT2D eigenvalue weighted by Gasteiger charge is -2.17. The summed E-state index contributed by atoms with van der Waals surface area (Å²) in [5.74, 6) is 0.0639. The zero-order valence-corrected chi connectivity index (χ0v) is 15.3. The Morgan fingerprint density at radius 1 is 1.52 bits per heavy atom. The van der Waals surface area contributed by atoms with Crippen molar-refractivity contribution in [3.05, 3.63) is 32.5 Å². The van der Waals surface area contributed by atoms with Gasteiger partial charge < -0.3 is 14.6 Å². The summed E-state index contributed by atoms with van der Waals surface area (Å²) < 4.78 is 5.58. The van der Waals surface area contributed by atoms with Crippen LogP contribution in [0.3, 0.4) is 0 Å². The number of amides is 1. The normalized spacial score (nSPS) is 17.0. The average molecular weight is 362 g/mol. The molecule has 1 aliphatic rings. The number of H-pyrrole nitrogens is 1. The van der Waals surface area contributed by atoms with Crippen LogP contribution in [0.5, 0.6) is 0 Å². The first-order valence-electron chi connectivity index (χ1n) is 8.43. The standard InChI is InChI=1S/C17H22N4O3S/c1-11-19-14(10-25-11)15-18-9-13(16(22)20-15)17(23)21(2)7-3-5-12-6-4-8-24-12/h9-10,12H,3-8H2,1-2H3,(H,18,20,22)/t12-/m1/s1. The van der Waals surface area contributed by atoms with E-state index < -0.39 is 5.56 Å². The first kappa shape index (κ1) is 17.8. The predicted molar refractivity (Wildman–Crippen MR) is 95.9 cm³/mol. The van der Waals surface area contributed by atoms with Crippen LogP contribution < -0.4 is 5.56 Å². The molecule has 0 aliphatic carbocycles. The Bertz CT molecular complexity index is 795. The summed E-state index contributed by atoms with van der Waals surface area (Å²) in [5, 5.41) is 2.72. The number of carbonyl (C=O) groups excluding carboxylic acids is 1. The third-order valence-electron chi connectivity index (χ3n) is 4.28. The maximum absolute atomic E-state index is 12.5. The van der Waals surface area contributed by atoms with Gasteiger partial charge in [0.15, 0.2) is 5.82 Å². The number of thiazole rings is 1.